The molecule has 0 aliphatic rings. The van der Waals surface area contributed by atoms with Crippen molar-refractivity contribution in [1.29, 1.82) is 0 Å². The number of carbonyl (C=O) groups excluding carboxylic acids is 3. The molecule has 0 bridgehead atoms. The van der Waals surface area contributed by atoms with Crippen LogP contribution in [0.5, 0.6) is 11.5 Å². The summed E-state index contributed by atoms with van der Waals surface area (Å²) in [4.78, 5) is 35.8. The molecule has 0 aromatic heterocycles. The van der Waals surface area contributed by atoms with Crippen LogP contribution < -0.4 is 20.3 Å². The monoisotopic (exact) mass is 464 g/mol. The average Bonchev–Trinajstić information content (AvgIpc) is 2.72. The minimum absolute atomic E-state index is 0.275. The number of hydrogen-bond acceptors (Lipinski definition) is 6. The van der Waals surface area contributed by atoms with E-state index in [2.05, 4.69) is 26.8 Å². The number of rotatable bonds is 8. The van der Waals surface area contributed by atoms with Gasteiger partial charge in [-0.3, -0.25) is 20.4 Å². The summed E-state index contributed by atoms with van der Waals surface area (Å²) in [6, 6.07) is 11.2. The highest BCUT2D eigenvalue weighted by molar-refractivity contribution is 9.10. The fourth-order valence-electron chi connectivity index (χ4n) is 2.24. The van der Waals surface area contributed by atoms with Gasteiger partial charge in [0.1, 0.15) is 11.5 Å². The Hall–Kier alpha value is -3.07. The van der Waals surface area contributed by atoms with Crippen molar-refractivity contribution in [1.82, 2.24) is 10.9 Å². The number of esters is 1. The van der Waals surface area contributed by atoms with Crippen molar-refractivity contribution in [3.63, 3.8) is 0 Å². The topological polar surface area (TPSA) is 103 Å². The van der Waals surface area contributed by atoms with Crippen LogP contribution >= 0.6 is 15.9 Å². The first-order valence-corrected chi connectivity index (χ1v) is 9.65. The van der Waals surface area contributed by atoms with Crippen LogP contribution in [0.3, 0.4) is 0 Å². The minimum Gasteiger partial charge on any atom is -0.493 e. The second kappa shape index (κ2) is 11.1. The lowest BCUT2D eigenvalue weighted by Crippen LogP contribution is -2.44. The van der Waals surface area contributed by atoms with Crippen molar-refractivity contribution in [3.8, 4) is 11.5 Å². The predicted octanol–water partition coefficient (Wildman–Crippen LogP) is 2.86. The third-order valence-electron chi connectivity index (χ3n) is 3.54. The average molecular weight is 465 g/mol. The normalized spacial score (nSPS) is 10.0. The summed E-state index contributed by atoms with van der Waals surface area (Å²) >= 11 is 3.30. The number of carbonyl (C=O) groups is 3. The van der Waals surface area contributed by atoms with E-state index in [9.17, 15) is 14.4 Å². The maximum atomic E-state index is 12.3. The number of hydrazine groups is 1. The van der Waals surface area contributed by atoms with Gasteiger partial charge in [0.05, 0.1) is 24.3 Å². The first kappa shape index (κ1) is 22.2. The highest BCUT2D eigenvalue weighted by Crippen LogP contribution is 2.23. The molecule has 0 aliphatic heterocycles. The molecule has 0 spiro atoms. The summed E-state index contributed by atoms with van der Waals surface area (Å²) in [7, 11) is 0. The Morgan fingerprint density at radius 2 is 1.66 bits per heavy atom. The van der Waals surface area contributed by atoms with Gasteiger partial charge < -0.3 is 14.2 Å². The van der Waals surface area contributed by atoms with Crippen molar-refractivity contribution in [2.45, 2.75) is 13.8 Å². The minimum atomic E-state index is -0.555. The smallest absolute Gasteiger partial charge is 0.338 e. The van der Waals surface area contributed by atoms with Gasteiger partial charge in [0.15, 0.2) is 6.61 Å². The molecule has 2 aromatic carbocycles. The highest BCUT2D eigenvalue weighted by atomic mass is 79.9. The number of amides is 2. The number of hydrogen-bond donors (Lipinski definition) is 2. The zero-order valence-electron chi connectivity index (χ0n) is 16.0. The fraction of sp³-hybridized carbons (Fsp3) is 0.250. The molecule has 154 valence electrons. The molecule has 0 fully saturated rings. The second-order valence-electron chi connectivity index (χ2n) is 5.61. The van der Waals surface area contributed by atoms with Crippen molar-refractivity contribution in [2.24, 2.45) is 0 Å². The zero-order chi connectivity index (χ0) is 21.2. The van der Waals surface area contributed by atoms with E-state index in [-0.39, 0.29) is 18.8 Å². The molecular weight excluding hydrogens is 444 g/mol. The Labute approximate surface area is 176 Å². The lowest BCUT2D eigenvalue weighted by molar-refractivity contribution is -0.123. The van der Waals surface area contributed by atoms with Crippen molar-refractivity contribution in [2.75, 3.05) is 19.8 Å². The van der Waals surface area contributed by atoms with E-state index in [0.29, 0.717) is 28.1 Å². The van der Waals surface area contributed by atoms with Gasteiger partial charge in [-0.25, -0.2) is 4.79 Å². The molecule has 2 N–H and O–H groups in total. The highest BCUT2D eigenvalue weighted by Gasteiger charge is 2.14. The third-order valence-corrected chi connectivity index (χ3v) is 4.03. The summed E-state index contributed by atoms with van der Waals surface area (Å²) in [6.45, 7) is 3.89. The molecule has 0 heterocycles. The van der Waals surface area contributed by atoms with Gasteiger partial charge in [0.25, 0.3) is 11.8 Å². The Morgan fingerprint density at radius 1 is 0.931 bits per heavy atom. The Bertz CT molecular complexity index is 870. The number of nitrogens with one attached hydrogen (secondary N) is 2. The quantitative estimate of drug-likeness (QED) is 0.459. The molecule has 2 rings (SSSR count). The van der Waals surface area contributed by atoms with E-state index in [1.165, 1.54) is 12.1 Å². The van der Waals surface area contributed by atoms with E-state index in [0.717, 1.165) is 0 Å². The van der Waals surface area contributed by atoms with Crippen LogP contribution in [0.1, 0.15) is 34.6 Å². The third kappa shape index (κ3) is 6.79. The van der Waals surface area contributed by atoms with Crippen LogP contribution in [-0.2, 0) is 9.53 Å². The van der Waals surface area contributed by atoms with E-state index < -0.39 is 17.8 Å². The summed E-state index contributed by atoms with van der Waals surface area (Å²) in [5.74, 6) is -0.716. The van der Waals surface area contributed by atoms with Gasteiger partial charge in [-0.1, -0.05) is 15.9 Å². The summed E-state index contributed by atoms with van der Waals surface area (Å²) in [6.07, 6.45) is 0. The number of ether oxygens (including phenoxy) is 3. The van der Waals surface area contributed by atoms with Gasteiger partial charge in [-0.05, 0) is 56.3 Å². The van der Waals surface area contributed by atoms with Crippen LogP contribution in [0, 0.1) is 0 Å². The molecule has 0 aliphatic carbocycles. The van der Waals surface area contributed by atoms with Crippen LogP contribution in [0.25, 0.3) is 0 Å². The van der Waals surface area contributed by atoms with E-state index in [1.54, 1.807) is 37.3 Å². The van der Waals surface area contributed by atoms with Crippen LogP contribution in [0.4, 0.5) is 0 Å². The molecule has 0 unspecified atom stereocenters. The van der Waals surface area contributed by atoms with Crippen LogP contribution in [0.2, 0.25) is 0 Å². The maximum absolute atomic E-state index is 12.3. The lowest BCUT2D eigenvalue weighted by Gasteiger charge is -2.12. The molecular formula is C20H21BrN2O6. The first-order valence-electron chi connectivity index (χ1n) is 8.86. The Balaban J connectivity index is 1.85. The number of halogens is 1. The standard InChI is InChI=1S/C20H21BrN2O6/c1-3-27-17-10-7-14(21)11-16(17)19(25)23-22-18(24)12-29-15-8-5-13(6-9-15)20(26)28-4-2/h5-11H,3-4,12H2,1-2H3,(H,22,24)(H,23,25). The van der Waals surface area contributed by atoms with Crippen LogP contribution in [0.15, 0.2) is 46.9 Å². The Morgan fingerprint density at radius 3 is 2.31 bits per heavy atom. The Kier molecular flexibility index (Phi) is 8.47. The molecule has 8 nitrogen and oxygen atoms in total. The first-order chi connectivity index (χ1) is 13.9. The van der Waals surface area contributed by atoms with E-state index >= 15 is 0 Å². The number of benzene rings is 2. The van der Waals surface area contributed by atoms with Gasteiger partial charge in [-0.2, -0.15) is 0 Å². The SMILES string of the molecule is CCOC(=O)c1ccc(OCC(=O)NNC(=O)c2cc(Br)ccc2OCC)cc1. The zero-order valence-corrected chi connectivity index (χ0v) is 17.6. The van der Waals surface area contributed by atoms with Gasteiger partial charge in [-0.15, -0.1) is 0 Å². The maximum Gasteiger partial charge on any atom is 0.338 e. The van der Waals surface area contributed by atoms with Gasteiger partial charge >= 0.3 is 5.97 Å². The van der Waals surface area contributed by atoms with Gasteiger partial charge in [0, 0.05) is 4.47 Å². The van der Waals surface area contributed by atoms with Crippen molar-refractivity contribution in [3.05, 3.63) is 58.1 Å². The molecule has 0 radical (unpaired) electrons. The van der Waals surface area contributed by atoms with Crippen molar-refractivity contribution >= 4 is 33.7 Å². The van der Waals surface area contributed by atoms with Gasteiger partial charge in [0.2, 0.25) is 0 Å². The molecule has 9 heteroatoms. The predicted molar refractivity (Wildman–Crippen MR) is 109 cm³/mol. The molecule has 2 aromatic rings. The molecule has 2 amide bonds. The van der Waals surface area contributed by atoms with Crippen LogP contribution in [-0.4, -0.2) is 37.6 Å². The summed E-state index contributed by atoms with van der Waals surface area (Å²) in [5, 5.41) is 0. The van der Waals surface area contributed by atoms with Crippen molar-refractivity contribution < 1.29 is 28.6 Å². The fourth-order valence-corrected chi connectivity index (χ4v) is 2.60. The molecule has 0 saturated carbocycles. The summed E-state index contributed by atoms with van der Waals surface area (Å²) < 4.78 is 16.3. The summed E-state index contributed by atoms with van der Waals surface area (Å²) in [5.41, 5.74) is 5.26. The molecule has 0 atom stereocenters. The molecule has 0 saturated heterocycles. The second-order valence-corrected chi connectivity index (χ2v) is 6.52. The molecule has 29 heavy (non-hydrogen) atoms. The van der Waals surface area contributed by atoms with E-state index in [4.69, 9.17) is 14.2 Å². The van der Waals surface area contributed by atoms with E-state index in [1.807, 2.05) is 6.92 Å². The largest absolute Gasteiger partial charge is 0.493 e. The lowest BCUT2D eigenvalue weighted by atomic mass is 10.2.